The largest absolute Gasteiger partial charge is 0.352 e. The fourth-order valence-corrected chi connectivity index (χ4v) is 2.35. The van der Waals surface area contributed by atoms with E-state index in [9.17, 15) is 9.59 Å². The van der Waals surface area contributed by atoms with Crippen LogP contribution in [0.25, 0.3) is 0 Å². The zero-order chi connectivity index (χ0) is 9.59. The number of imide groups is 1. The summed E-state index contributed by atoms with van der Waals surface area (Å²) in [6, 6.07) is 3.49. The van der Waals surface area contributed by atoms with E-state index < -0.39 is 0 Å². The van der Waals surface area contributed by atoms with Gasteiger partial charge in [0, 0.05) is 8.95 Å². The van der Waals surface area contributed by atoms with Crippen LogP contribution in [0.3, 0.4) is 0 Å². The number of carbonyl (C=O) groups excluding carboxylic acids is 2. The lowest BCUT2D eigenvalue weighted by Gasteiger charge is -1.96. The van der Waals surface area contributed by atoms with Gasteiger partial charge in [0.25, 0.3) is 0 Å². The van der Waals surface area contributed by atoms with Gasteiger partial charge < -0.3 is 0 Å². The first-order chi connectivity index (χ1) is 6.11. The molecular formula is C8H4Br2NO2+. The summed E-state index contributed by atoms with van der Waals surface area (Å²) < 4.78 is 1.33. The molecule has 0 spiro atoms. The SMILES string of the molecule is O=C1[NH2+]C(=O)c2c(Br)ccc(Br)c21. The highest BCUT2D eigenvalue weighted by atomic mass is 79.9. The van der Waals surface area contributed by atoms with Gasteiger partial charge in [-0.15, -0.1) is 0 Å². The fraction of sp³-hybridized carbons (Fsp3) is 0. The maximum atomic E-state index is 11.3. The molecule has 3 nitrogen and oxygen atoms in total. The molecule has 2 rings (SSSR count). The zero-order valence-electron chi connectivity index (χ0n) is 6.30. The average molecular weight is 306 g/mol. The van der Waals surface area contributed by atoms with E-state index in [4.69, 9.17) is 0 Å². The Kier molecular flexibility index (Phi) is 2.09. The van der Waals surface area contributed by atoms with Crippen molar-refractivity contribution in [3.05, 3.63) is 32.2 Å². The molecule has 1 aliphatic heterocycles. The van der Waals surface area contributed by atoms with Crippen molar-refractivity contribution in [2.75, 3.05) is 0 Å². The van der Waals surface area contributed by atoms with Crippen molar-refractivity contribution in [1.29, 1.82) is 0 Å². The number of hydrogen-bond donors (Lipinski definition) is 1. The first kappa shape index (κ1) is 9.05. The van der Waals surface area contributed by atoms with Crippen molar-refractivity contribution in [3.63, 3.8) is 0 Å². The van der Waals surface area contributed by atoms with E-state index in [0.717, 1.165) is 5.32 Å². The molecule has 1 aromatic rings. The van der Waals surface area contributed by atoms with Crippen LogP contribution in [0.2, 0.25) is 0 Å². The number of amides is 2. The molecule has 0 saturated heterocycles. The number of rotatable bonds is 0. The van der Waals surface area contributed by atoms with Crippen molar-refractivity contribution < 1.29 is 14.9 Å². The van der Waals surface area contributed by atoms with Crippen LogP contribution in [0.15, 0.2) is 21.1 Å². The van der Waals surface area contributed by atoms with E-state index in [1.54, 1.807) is 12.1 Å². The zero-order valence-corrected chi connectivity index (χ0v) is 9.48. The number of fused-ring (bicyclic) bond motifs is 1. The normalized spacial score (nSPS) is 14.9. The molecule has 2 amide bonds. The lowest BCUT2D eigenvalue weighted by Crippen LogP contribution is -2.88. The number of quaternary nitrogens is 1. The fourth-order valence-electron chi connectivity index (χ4n) is 1.30. The van der Waals surface area contributed by atoms with Gasteiger partial charge in [-0.05, 0) is 44.0 Å². The van der Waals surface area contributed by atoms with Crippen molar-refractivity contribution >= 4 is 43.7 Å². The van der Waals surface area contributed by atoms with Crippen molar-refractivity contribution in [3.8, 4) is 0 Å². The average Bonchev–Trinajstić information content (AvgIpc) is 2.36. The van der Waals surface area contributed by atoms with Gasteiger partial charge in [0.15, 0.2) is 0 Å². The molecule has 5 heteroatoms. The quantitative estimate of drug-likeness (QED) is 0.729. The molecule has 1 heterocycles. The van der Waals surface area contributed by atoms with Crippen LogP contribution in [-0.4, -0.2) is 11.8 Å². The molecule has 0 fully saturated rings. The van der Waals surface area contributed by atoms with Gasteiger partial charge in [-0.25, -0.2) is 14.9 Å². The first-order valence-electron chi connectivity index (χ1n) is 3.52. The second kappa shape index (κ2) is 3.01. The standard InChI is InChI=1S/C8H3Br2NO2/c9-3-1-2-4(10)6-5(3)7(12)11-8(6)13/h1-2H,(H,11,12,13)/p+1. The number of carbonyl (C=O) groups is 2. The van der Waals surface area contributed by atoms with E-state index in [1.165, 1.54) is 0 Å². The Balaban J connectivity index is 2.81. The number of primary amides is 2. The smallest absolute Gasteiger partial charge is 0.225 e. The number of hydrogen-bond acceptors (Lipinski definition) is 2. The van der Waals surface area contributed by atoms with Gasteiger partial charge in [-0.2, -0.15) is 0 Å². The highest BCUT2D eigenvalue weighted by Gasteiger charge is 2.36. The lowest BCUT2D eigenvalue weighted by molar-refractivity contribution is -0.445. The summed E-state index contributed by atoms with van der Waals surface area (Å²) in [6.07, 6.45) is 0. The number of halogens is 2. The van der Waals surface area contributed by atoms with Crippen molar-refractivity contribution in [1.82, 2.24) is 0 Å². The minimum absolute atomic E-state index is 0.229. The predicted molar refractivity (Wildman–Crippen MR) is 52.4 cm³/mol. The third kappa shape index (κ3) is 1.27. The molecule has 0 aromatic heterocycles. The summed E-state index contributed by atoms with van der Waals surface area (Å²) in [5, 5.41) is 1.11. The minimum Gasteiger partial charge on any atom is -0.225 e. The summed E-state index contributed by atoms with van der Waals surface area (Å²) in [6.45, 7) is 0. The van der Waals surface area contributed by atoms with Crippen molar-refractivity contribution in [2.45, 2.75) is 0 Å². The van der Waals surface area contributed by atoms with E-state index >= 15 is 0 Å². The topological polar surface area (TPSA) is 50.8 Å². The summed E-state index contributed by atoms with van der Waals surface area (Å²) in [7, 11) is 0. The molecule has 1 aliphatic rings. The van der Waals surface area contributed by atoms with Crippen LogP contribution >= 0.6 is 31.9 Å². The van der Waals surface area contributed by atoms with Crippen LogP contribution in [0.5, 0.6) is 0 Å². The number of nitrogens with two attached hydrogens (primary N) is 1. The van der Waals surface area contributed by atoms with Gasteiger partial charge >= 0.3 is 11.8 Å². The molecule has 0 atom stereocenters. The molecular weight excluding hydrogens is 302 g/mol. The van der Waals surface area contributed by atoms with E-state index in [2.05, 4.69) is 31.9 Å². The summed E-state index contributed by atoms with van der Waals surface area (Å²) >= 11 is 6.47. The molecule has 0 bridgehead atoms. The van der Waals surface area contributed by atoms with Gasteiger partial charge in [0.05, 0.1) is 0 Å². The minimum atomic E-state index is -0.229. The molecule has 0 radical (unpaired) electrons. The van der Waals surface area contributed by atoms with Crippen LogP contribution in [-0.2, 0) is 0 Å². The van der Waals surface area contributed by atoms with Gasteiger partial charge in [0.1, 0.15) is 11.1 Å². The molecule has 1 aromatic carbocycles. The van der Waals surface area contributed by atoms with Crippen LogP contribution in [0.1, 0.15) is 20.7 Å². The molecule has 66 valence electrons. The second-order valence-corrected chi connectivity index (χ2v) is 4.36. The van der Waals surface area contributed by atoms with Crippen LogP contribution in [0.4, 0.5) is 0 Å². The summed E-state index contributed by atoms with van der Waals surface area (Å²) in [5.41, 5.74) is 0.916. The Labute approximate surface area is 90.8 Å². The van der Waals surface area contributed by atoms with Crippen molar-refractivity contribution in [2.24, 2.45) is 0 Å². The summed E-state index contributed by atoms with van der Waals surface area (Å²) in [4.78, 5) is 22.6. The van der Waals surface area contributed by atoms with E-state index in [1.807, 2.05) is 0 Å². The molecule has 0 unspecified atom stereocenters. The Morgan fingerprint density at radius 2 is 1.31 bits per heavy atom. The third-order valence-electron chi connectivity index (χ3n) is 1.86. The second-order valence-electron chi connectivity index (χ2n) is 2.65. The molecule has 13 heavy (non-hydrogen) atoms. The molecule has 0 aliphatic carbocycles. The first-order valence-corrected chi connectivity index (χ1v) is 5.11. The maximum Gasteiger partial charge on any atom is 0.352 e. The highest BCUT2D eigenvalue weighted by molar-refractivity contribution is 9.11. The van der Waals surface area contributed by atoms with E-state index in [-0.39, 0.29) is 11.8 Å². The summed E-state index contributed by atoms with van der Waals surface area (Å²) in [5.74, 6) is -0.457. The molecule has 2 N–H and O–H groups in total. The molecule has 0 saturated carbocycles. The third-order valence-corrected chi connectivity index (χ3v) is 3.18. The van der Waals surface area contributed by atoms with Gasteiger partial charge in [-0.3, -0.25) is 0 Å². The Bertz CT molecular complexity index is 389. The van der Waals surface area contributed by atoms with Crippen LogP contribution in [0, 0.1) is 0 Å². The maximum absolute atomic E-state index is 11.3. The predicted octanol–water partition coefficient (Wildman–Crippen LogP) is 1.07. The van der Waals surface area contributed by atoms with E-state index in [0.29, 0.717) is 20.1 Å². The van der Waals surface area contributed by atoms with Gasteiger partial charge in [-0.1, -0.05) is 0 Å². The highest BCUT2D eigenvalue weighted by Crippen LogP contribution is 2.28. The lowest BCUT2D eigenvalue weighted by atomic mass is 10.1. The monoisotopic (exact) mass is 304 g/mol. The Morgan fingerprint density at radius 3 is 1.69 bits per heavy atom. The van der Waals surface area contributed by atoms with Gasteiger partial charge in [0.2, 0.25) is 0 Å². The Hall–Kier alpha value is -0.520. The van der Waals surface area contributed by atoms with Crippen LogP contribution < -0.4 is 5.32 Å². The number of benzene rings is 1. The Morgan fingerprint density at radius 1 is 0.923 bits per heavy atom.